The average molecular weight is 452 g/mol. The zero-order valence-corrected chi connectivity index (χ0v) is 17.7. The van der Waals surface area contributed by atoms with Crippen LogP contribution in [0.15, 0.2) is 22.7 Å². The van der Waals surface area contributed by atoms with Gasteiger partial charge in [0.2, 0.25) is 5.91 Å². The van der Waals surface area contributed by atoms with E-state index in [4.69, 9.17) is 10.5 Å². The van der Waals surface area contributed by atoms with E-state index in [1.807, 2.05) is 30.1 Å². The maximum absolute atomic E-state index is 12.5. The summed E-state index contributed by atoms with van der Waals surface area (Å²) in [6, 6.07) is 5.78. The van der Waals surface area contributed by atoms with Gasteiger partial charge in [-0.3, -0.25) is 14.5 Å². The smallest absolute Gasteiger partial charge is 0.251 e. The molecule has 1 aromatic heterocycles. The number of hydrogen-bond donors (Lipinski definition) is 2. The van der Waals surface area contributed by atoms with Crippen LogP contribution in [0, 0.1) is 0 Å². The molecule has 0 aliphatic heterocycles. The highest BCUT2D eigenvalue weighted by Gasteiger charge is 2.26. The van der Waals surface area contributed by atoms with Crippen molar-refractivity contribution < 1.29 is 14.3 Å². The second-order valence-corrected chi connectivity index (χ2v) is 8.62. The fourth-order valence-electron chi connectivity index (χ4n) is 3.38. The summed E-state index contributed by atoms with van der Waals surface area (Å²) in [6.45, 7) is 0.746. The number of nitrogens with one attached hydrogen (secondary N) is 1. The first-order valence-electron chi connectivity index (χ1n) is 8.64. The number of hydrogen-bond acceptors (Lipinski definition) is 5. The van der Waals surface area contributed by atoms with Crippen molar-refractivity contribution in [3.8, 4) is 5.75 Å². The van der Waals surface area contributed by atoms with Gasteiger partial charge in [0, 0.05) is 21.5 Å². The SMILES string of the molecule is COc1ccc(Br)cc1CN(C)CC(=O)Nc1sc2c(c1C(N)=O)CCC2. The quantitative estimate of drug-likeness (QED) is 0.676. The molecule has 6 nitrogen and oxygen atoms in total. The first-order chi connectivity index (χ1) is 12.9. The second-order valence-electron chi connectivity index (χ2n) is 6.60. The number of aryl methyl sites for hydroxylation is 1. The number of nitrogens with two attached hydrogens (primary N) is 1. The number of fused-ring (bicyclic) bond motifs is 1. The number of benzene rings is 1. The fourth-order valence-corrected chi connectivity index (χ4v) is 5.10. The van der Waals surface area contributed by atoms with Gasteiger partial charge in [-0.25, -0.2) is 0 Å². The maximum atomic E-state index is 12.5. The Kier molecular flexibility index (Phi) is 6.18. The lowest BCUT2D eigenvalue weighted by Crippen LogP contribution is -2.30. The Balaban J connectivity index is 1.66. The van der Waals surface area contributed by atoms with Crippen LogP contribution in [0.5, 0.6) is 5.75 Å². The molecule has 0 spiro atoms. The Hall–Kier alpha value is -1.90. The lowest BCUT2D eigenvalue weighted by molar-refractivity contribution is -0.117. The first-order valence-corrected chi connectivity index (χ1v) is 10.2. The number of anilines is 1. The van der Waals surface area contributed by atoms with Crippen molar-refractivity contribution in [1.82, 2.24) is 4.90 Å². The molecule has 3 rings (SSSR count). The third-order valence-electron chi connectivity index (χ3n) is 4.52. The van der Waals surface area contributed by atoms with Gasteiger partial charge in [-0.05, 0) is 50.1 Å². The van der Waals surface area contributed by atoms with Crippen molar-refractivity contribution in [1.29, 1.82) is 0 Å². The number of carbonyl (C=O) groups is 2. The highest BCUT2D eigenvalue weighted by atomic mass is 79.9. The van der Waals surface area contributed by atoms with Gasteiger partial charge in [0.05, 0.1) is 19.2 Å². The normalized spacial score (nSPS) is 12.9. The number of carbonyl (C=O) groups excluding carboxylic acids is 2. The lowest BCUT2D eigenvalue weighted by atomic mass is 10.1. The van der Waals surface area contributed by atoms with Crippen LogP contribution in [0.1, 0.15) is 32.8 Å². The van der Waals surface area contributed by atoms with E-state index in [1.165, 1.54) is 11.3 Å². The van der Waals surface area contributed by atoms with Gasteiger partial charge in [-0.2, -0.15) is 0 Å². The predicted molar refractivity (Wildman–Crippen MR) is 111 cm³/mol. The summed E-state index contributed by atoms with van der Waals surface area (Å²) in [5, 5.41) is 3.45. The molecule has 27 heavy (non-hydrogen) atoms. The van der Waals surface area contributed by atoms with Gasteiger partial charge in [0.1, 0.15) is 10.8 Å². The molecule has 0 saturated heterocycles. The van der Waals surface area contributed by atoms with Crippen LogP contribution >= 0.6 is 27.3 Å². The van der Waals surface area contributed by atoms with Gasteiger partial charge < -0.3 is 15.8 Å². The van der Waals surface area contributed by atoms with Crippen molar-refractivity contribution in [3.63, 3.8) is 0 Å². The standard InChI is InChI=1S/C19H22BrN3O3S/c1-23(9-11-8-12(20)6-7-14(11)26-2)10-16(24)22-19-17(18(21)25)13-4-3-5-15(13)27-19/h6-8H,3-5,9-10H2,1-2H3,(H2,21,25)(H,22,24). The van der Waals surface area contributed by atoms with Crippen molar-refractivity contribution in [2.24, 2.45) is 5.73 Å². The molecular formula is C19H22BrN3O3S. The van der Waals surface area contributed by atoms with Crippen LogP contribution < -0.4 is 15.8 Å². The molecule has 1 aliphatic rings. The molecule has 2 amide bonds. The number of thiophene rings is 1. The Morgan fingerprint density at radius 2 is 2.15 bits per heavy atom. The minimum Gasteiger partial charge on any atom is -0.496 e. The number of halogens is 1. The molecule has 0 radical (unpaired) electrons. The molecule has 2 aromatic rings. The van der Waals surface area contributed by atoms with Crippen molar-refractivity contribution in [3.05, 3.63) is 44.2 Å². The molecule has 0 saturated carbocycles. The van der Waals surface area contributed by atoms with Crippen LogP contribution in [0.4, 0.5) is 5.00 Å². The van der Waals surface area contributed by atoms with E-state index >= 15 is 0 Å². The molecule has 0 atom stereocenters. The topological polar surface area (TPSA) is 84.7 Å². The van der Waals surface area contributed by atoms with Crippen molar-refractivity contribution >= 4 is 44.1 Å². The number of primary amides is 1. The summed E-state index contributed by atoms with van der Waals surface area (Å²) in [5.41, 5.74) is 8.02. The highest BCUT2D eigenvalue weighted by Crippen LogP contribution is 2.38. The molecule has 0 fully saturated rings. The number of ether oxygens (including phenoxy) is 1. The molecule has 0 unspecified atom stereocenters. The second kappa shape index (κ2) is 8.41. The summed E-state index contributed by atoms with van der Waals surface area (Å²) in [7, 11) is 3.49. The number of amides is 2. The largest absolute Gasteiger partial charge is 0.496 e. The molecule has 1 aliphatic carbocycles. The fraction of sp³-hybridized carbons (Fsp3) is 0.368. The van der Waals surface area contributed by atoms with Crippen LogP contribution in [-0.2, 0) is 24.2 Å². The summed E-state index contributed by atoms with van der Waals surface area (Å²) < 4.78 is 6.33. The third kappa shape index (κ3) is 4.51. The van der Waals surface area contributed by atoms with E-state index in [2.05, 4.69) is 21.2 Å². The molecule has 3 N–H and O–H groups in total. The summed E-state index contributed by atoms with van der Waals surface area (Å²) >= 11 is 4.92. The summed E-state index contributed by atoms with van der Waals surface area (Å²) in [6.07, 6.45) is 2.83. The number of likely N-dealkylation sites (N-methyl/N-ethyl adjacent to an activating group) is 1. The van der Waals surface area contributed by atoms with Gasteiger partial charge in [0.25, 0.3) is 5.91 Å². The van der Waals surface area contributed by atoms with Crippen molar-refractivity contribution in [2.75, 3.05) is 26.0 Å². The van der Waals surface area contributed by atoms with Crippen LogP contribution in [0.2, 0.25) is 0 Å². The highest BCUT2D eigenvalue weighted by molar-refractivity contribution is 9.10. The van der Waals surface area contributed by atoms with E-state index in [0.717, 1.165) is 45.5 Å². The minimum atomic E-state index is -0.475. The Labute approximate surface area is 170 Å². The monoisotopic (exact) mass is 451 g/mol. The third-order valence-corrected chi connectivity index (χ3v) is 6.22. The Morgan fingerprint density at radius 1 is 1.37 bits per heavy atom. The average Bonchev–Trinajstić information content (AvgIpc) is 3.14. The van der Waals surface area contributed by atoms with Gasteiger partial charge >= 0.3 is 0 Å². The van der Waals surface area contributed by atoms with E-state index in [1.54, 1.807) is 7.11 Å². The number of nitrogens with zero attached hydrogens (tertiary/aromatic N) is 1. The zero-order chi connectivity index (χ0) is 19.6. The summed E-state index contributed by atoms with van der Waals surface area (Å²) in [4.78, 5) is 27.4. The van der Waals surface area contributed by atoms with E-state index in [0.29, 0.717) is 17.1 Å². The van der Waals surface area contributed by atoms with E-state index < -0.39 is 5.91 Å². The molecule has 1 heterocycles. The maximum Gasteiger partial charge on any atom is 0.251 e. The Morgan fingerprint density at radius 3 is 2.85 bits per heavy atom. The lowest BCUT2D eigenvalue weighted by Gasteiger charge is -2.18. The molecule has 1 aromatic carbocycles. The molecule has 0 bridgehead atoms. The predicted octanol–water partition coefficient (Wildman–Crippen LogP) is 3.18. The molecule has 8 heteroatoms. The zero-order valence-electron chi connectivity index (χ0n) is 15.3. The van der Waals surface area contributed by atoms with Crippen LogP contribution in [0.25, 0.3) is 0 Å². The number of methoxy groups -OCH3 is 1. The summed E-state index contributed by atoms with van der Waals surface area (Å²) in [5.74, 6) is 0.127. The minimum absolute atomic E-state index is 0.172. The molecule has 144 valence electrons. The first kappa shape index (κ1) is 19.9. The van der Waals surface area contributed by atoms with Gasteiger partial charge in [0.15, 0.2) is 0 Å². The Bertz CT molecular complexity index is 881. The molecular weight excluding hydrogens is 430 g/mol. The van der Waals surface area contributed by atoms with Gasteiger partial charge in [-0.1, -0.05) is 15.9 Å². The van der Waals surface area contributed by atoms with Crippen molar-refractivity contribution in [2.45, 2.75) is 25.8 Å². The number of rotatable bonds is 7. The van der Waals surface area contributed by atoms with E-state index in [-0.39, 0.29) is 12.5 Å². The van der Waals surface area contributed by atoms with Crippen LogP contribution in [-0.4, -0.2) is 37.4 Å². The van der Waals surface area contributed by atoms with E-state index in [9.17, 15) is 9.59 Å². The van der Waals surface area contributed by atoms with Crippen LogP contribution in [0.3, 0.4) is 0 Å². The van der Waals surface area contributed by atoms with Gasteiger partial charge in [-0.15, -0.1) is 11.3 Å².